The van der Waals surface area contributed by atoms with Crippen LogP contribution in [0.15, 0.2) is 30.3 Å². The van der Waals surface area contributed by atoms with Crippen molar-refractivity contribution in [1.82, 2.24) is 0 Å². The summed E-state index contributed by atoms with van der Waals surface area (Å²) in [5.41, 5.74) is 1.16. The Bertz CT molecular complexity index is 943. The van der Waals surface area contributed by atoms with Crippen molar-refractivity contribution in [3.63, 3.8) is 0 Å². The number of halogens is 1. The Hall–Kier alpha value is -3.09. The summed E-state index contributed by atoms with van der Waals surface area (Å²) in [7, 11) is 0. The lowest BCUT2D eigenvalue weighted by Gasteiger charge is -2.13. The van der Waals surface area contributed by atoms with Gasteiger partial charge in [0.2, 0.25) is 0 Å². The van der Waals surface area contributed by atoms with Crippen LogP contribution in [0.2, 0.25) is 0 Å². The molecule has 7 heteroatoms. The molecule has 1 N–H and O–H groups in total. The molecule has 0 spiro atoms. The van der Waals surface area contributed by atoms with E-state index in [-0.39, 0.29) is 36.0 Å². The first-order chi connectivity index (χ1) is 13.5. The maximum absolute atomic E-state index is 14.0. The van der Waals surface area contributed by atoms with Crippen molar-refractivity contribution in [2.75, 3.05) is 25.1 Å². The van der Waals surface area contributed by atoms with Crippen molar-refractivity contribution < 1.29 is 28.2 Å². The van der Waals surface area contributed by atoms with Crippen LogP contribution in [0.4, 0.5) is 10.1 Å². The van der Waals surface area contributed by atoms with E-state index in [1.807, 2.05) is 0 Å². The zero-order valence-electron chi connectivity index (χ0n) is 15.4. The molecular formula is C21H20FNO5. The van der Waals surface area contributed by atoms with Gasteiger partial charge < -0.3 is 19.5 Å². The SMILES string of the molecule is C[C@H]1CC(=O)c2c(OCC(=O)Nc3ccc4c(c3)OCCCO4)ccc(F)c21. The third kappa shape index (κ3) is 3.52. The molecule has 2 aromatic rings. The maximum atomic E-state index is 14.0. The molecule has 1 amide bonds. The van der Waals surface area contributed by atoms with Gasteiger partial charge in [-0.2, -0.15) is 0 Å². The van der Waals surface area contributed by atoms with Crippen LogP contribution in [0, 0.1) is 5.82 Å². The summed E-state index contributed by atoms with van der Waals surface area (Å²) in [4.78, 5) is 24.4. The smallest absolute Gasteiger partial charge is 0.262 e. The van der Waals surface area contributed by atoms with E-state index in [2.05, 4.69) is 5.32 Å². The van der Waals surface area contributed by atoms with Crippen LogP contribution in [0.5, 0.6) is 17.2 Å². The van der Waals surface area contributed by atoms with Crippen LogP contribution >= 0.6 is 0 Å². The van der Waals surface area contributed by atoms with Crippen molar-refractivity contribution in [2.24, 2.45) is 0 Å². The fourth-order valence-corrected chi connectivity index (χ4v) is 3.53. The quantitative estimate of drug-likeness (QED) is 0.869. The van der Waals surface area contributed by atoms with E-state index in [0.717, 1.165) is 6.42 Å². The van der Waals surface area contributed by atoms with Crippen LogP contribution < -0.4 is 19.5 Å². The van der Waals surface area contributed by atoms with Gasteiger partial charge in [0.25, 0.3) is 5.91 Å². The summed E-state index contributed by atoms with van der Waals surface area (Å²) >= 11 is 0. The number of Topliss-reactive ketones (excluding diaryl/α,β-unsaturated/α-hetero) is 1. The fourth-order valence-electron chi connectivity index (χ4n) is 3.53. The number of fused-ring (bicyclic) bond motifs is 2. The second kappa shape index (κ2) is 7.50. The van der Waals surface area contributed by atoms with E-state index < -0.39 is 11.7 Å². The van der Waals surface area contributed by atoms with Crippen molar-refractivity contribution in [3.8, 4) is 17.2 Å². The molecule has 0 saturated carbocycles. The topological polar surface area (TPSA) is 73.9 Å². The monoisotopic (exact) mass is 385 g/mol. The summed E-state index contributed by atoms with van der Waals surface area (Å²) in [5, 5.41) is 2.72. The lowest BCUT2D eigenvalue weighted by Crippen LogP contribution is -2.21. The highest BCUT2D eigenvalue weighted by Crippen LogP contribution is 2.39. The molecule has 146 valence electrons. The number of ketones is 1. The molecule has 1 aliphatic heterocycles. The summed E-state index contributed by atoms with van der Waals surface area (Å²) in [6.07, 6.45) is 1.04. The zero-order chi connectivity index (χ0) is 19.7. The number of carbonyl (C=O) groups is 2. The number of carbonyl (C=O) groups excluding carboxylic acids is 2. The molecule has 0 aromatic heterocycles. The van der Waals surface area contributed by atoms with Gasteiger partial charge in [0.05, 0.1) is 18.8 Å². The number of hydrogen-bond donors (Lipinski definition) is 1. The van der Waals surface area contributed by atoms with Gasteiger partial charge in [-0.05, 0) is 30.2 Å². The Morgan fingerprint density at radius 2 is 2.00 bits per heavy atom. The van der Waals surface area contributed by atoms with E-state index in [0.29, 0.717) is 36.0 Å². The lowest BCUT2D eigenvalue weighted by molar-refractivity contribution is -0.118. The number of nitrogens with one attached hydrogen (secondary N) is 1. The molecule has 0 bridgehead atoms. The van der Waals surface area contributed by atoms with Crippen molar-refractivity contribution in [3.05, 3.63) is 47.3 Å². The van der Waals surface area contributed by atoms with E-state index in [4.69, 9.17) is 14.2 Å². The first-order valence-electron chi connectivity index (χ1n) is 9.21. The highest BCUT2D eigenvalue weighted by atomic mass is 19.1. The summed E-state index contributed by atoms with van der Waals surface area (Å²) < 4.78 is 30.7. The van der Waals surface area contributed by atoms with E-state index >= 15 is 0 Å². The highest BCUT2D eigenvalue weighted by molar-refractivity contribution is 6.04. The lowest BCUT2D eigenvalue weighted by atomic mass is 10.0. The average molecular weight is 385 g/mol. The summed E-state index contributed by atoms with van der Waals surface area (Å²) in [5.74, 6) is 0.276. The van der Waals surface area contributed by atoms with Crippen LogP contribution in [-0.4, -0.2) is 31.5 Å². The van der Waals surface area contributed by atoms with Crippen LogP contribution in [0.3, 0.4) is 0 Å². The predicted octanol–water partition coefficient (Wildman–Crippen LogP) is 3.69. The number of anilines is 1. The molecular weight excluding hydrogens is 365 g/mol. The highest BCUT2D eigenvalue weighted by Gasteiger charge is 2.32. The van der Waals surface area contributed by atoms with Gasteiger partial charge in [-0.15, -0.1) is 0 Å². The Morgan fingerprint density at radius 3 is 2.82 bits per heavy atom. The van der Waals surface area contributed by atoms with Gasteiger partial charge >= 0.3 is 0 Å². The van der Waals surface area contributed by atoms with E-state index in [1.165, 1.54) is 12.1 Å². The van der Waals surface area contributed by atoms with Crippen molar-refractivity contribution in [2.45, 2.75) is 25.7 Å². The van der Waals surface area contributed by atoms with Gasteiger partial charge in [-0.25, -0.2) is 4.39 Å². The fraction of sp³-hybridized carbons (Fsp3) is 0.333. The minimum atomic E-state index is -0.419. The van der Waals surface area contributed by atoms with Crippen molar-refractivity contribution in [1.29, 1.82) is 0 Å². The second-order valence-electron chi connectivity index (χ2n) is 6.91. The number of benzene rings is 2. The average Bonchev–Trinajstić information content (AvgIpc) is 2.83. The third-order valence-corrected chi connectivity index (χ3v) is 4.81. The van der Waals surface area contributed by atoms with Crippen LogP contribution in [0.25, 0.3) is 0 Å². The molecule has 2 aromatic carbocycles. The largest absolute Gasteiger partial charge is 0.490 e. The minimum Gasteiger partial charge on any atom is -0.490 e. The summed E-state index contributed by atoms with van der Waals surface area (Å²) in [6, 6.07) is 7.81. The molecule has 1 heterocycles. The standard InChI is InChI=1S/C21H20FNO5/c1-12-9-15(24)21-17(6-4-14(22)20(12)21)28-11-19(25)23-13-3-5-16-18(10-13)27-8-2-7-26-16/h3-6,10,12H,2,7-9,11H2,1H3,(H,23,25)/t12-/m0/s1. The Morgan fingerprint density at radius 1 is 1.21 bits per heavy atom. The summed E-state index contributed by atoms with van der Waals surface area (Å²) in [6.45, 7) is 2.64. The van der Waals surface area contributed by atoms with Crippen molar-refractivity contribution >= 4 is 17.4 Å². The molecule has 28 heavy (non-hydrogen) atoms. The molecule has 4 rings (SSSR count). The van der Waals surface area contributed by atoms with Gasteiger partial charge in [-0.3, -0.25) is 9.59 Å². The van der Waals surface area contributed by atoms with E-state index in [1.54, 1.807) is 25.1 Å². The zero-order valence-corrected chi connectivity index (χ0v) is 15.4. The first kappa shape index (κ1) is 18.3. The molecule has 6 nitrogen and oxygen atoms in total. The number of amides is 1. The molecule has 1 atom stereocenters. The molecule has 1 aliphatic carbocycles. The Balaban J connectivity index is 1.43. The molecule has 2 aliphatic rings. The number of rotatable bonds is 4. The third-order valence-electron chi connectivity index (χ3n) is 4.81. The maximum Gasteiger partial charge on any atom is 0.262 e. The van der Waals surface area contributed by atoms with E-state index in [9.17, 15) is 14.0 Å². The Labute approximate surface area is 161 Å². The Kier molecular flexibility index (Phi) is 4.90. The number of hydrogen-bond acceptors (Lipinski definition) is 5. The molecule has 0 radical (unpaired) electrons. The predicted molar refractivity (Wildman–Crippen MR) is 99.9 cm³/mol. The van der Waals surface area contributed by atoms with Gasteiger partial charge in [0.1, 0.15) is 11.6 Å². The minimum absolute atomic E-state index is 0.166. The molecule has 0 saturated heterocycles. The van der Waals surface area contributed by atoms with Gasteiger partial charge in [-0.1, -0.05) is 6.92 Å². The first-order valence-corrected chi connectivity index (χ1v) is 9.21. The molecule has 0 fully saturated rings. The van der Waals surface area contributed by atoms with Gasteiger partial charge in [0, 0.05) is 30.2 Å². The molecule has 0 unspecified atom stereocenters. The van der Waals surface area contributed by atoms with Gasteiger partial charge in [0.15, 0.2) is 23.9 Å². The normalized spacial score (nSPS) is 17.6. The van der Waals surface area contributed by atoms with Crippen LogP contribution in [0.1, 0.15) is 41.6 Å². The number of ether oxygens (including phenoxy) is 3. The second-order valence-corrected chi connectivity index (χ2v) is 6.91. The van der Waals surface area contributed by atoms with Crippen LogP contribution in [-0.2, 0) is 4.79 Å².